The number of aliphatic carboxylic acids is 1. The number of thioether (sulfide) groups is 1. The minimum atomic E-state index is -0.817. The Balaban J connectivity index is 1.59. The molecule has 1 aromatic rings. The van der Waals surface area contributed by atoms with Crippen LogP contribution in [0.15, 0.2) is 9.72 Å². The van der Waals surface area contributed by atoms with E-state index in [0.29, 0.717) is 10.9 Å². The molecule has 1 aromatic heterocycles. The van der Waals surface area contributed by atoms with Gasteiger partial charge in [0.25, 0.3) is 0 Å². The second-order valence-corrected chi connectivity index (χ2v) is 8.05. The molecule has 1 unspecified atom stereocenters. The average molecular weight is 313 g/mol. The summed E-state index contributed by atoms with van der Waals surface area (Å²) >= 11 is 3.37. The van der Waals surface area contributed by atoms with Gasteiger partial charge in [0.1, 0.15) is 4.34 Å². The normalized spacial score (nSPS) is 25.1. The van der Waals surface area contributed by atoms with Gasteiger partial charge >= 0.3 is 5.97 Å². The SMILES string of the molecule is O=C(O)Cc1csc(SC2CCOC3(CCCC3)C2)n1. The van der Waals surface area contributed by atoms with Crippen LogP contribution < -0.4 is 0 Å². The predicted octanol–water partition coefficient (Wildman–Crippen LogP) is 3.35. The maximum Gasteiger partial charge on any atom is 0.309 e. The summed E-state index contributed by atoms with van der Waals surface area (Å²) in [4.78, 5) is 15.1. The van der Waals surface area contributed by atoms with E-state index in [-0.39, 0.29) is 12.0 Å². The van der Waals surface area contributed by atoms with Gasteiger partial charge in [-0.15, -0.1) is 11.3 Å². The van der Waals surface area contributed by atoms with Gasteiger partial charge in [-0.3, -0.25) is 4.79 Å². The van der Waals surface area contributed by atoms with E-state index in [2.05, 4.69) is 4.98 Å². The van der Waals surface area contributed by atoms with Crippen molar-refractivity contribution in [3.63, 3.8) is 0 Å². The smallest absolute Gasteiger partial charge is 0.309 e. The van der Waals surface area contributed by atoms with Crippen molar-refractivity contribution in [1.82, 2.24) is 4.98 Å². The van der Waals surface area contributed by atoms with Gasteiger partial charge in [0, 0.05) is 17.2 Å². The van der Waals surface area contributed by atoms with Crippen LogP contribution in [0.2, 0.25) is 0 Å². The molecule has 1 spiro atoms. The minimum Gasteiger partial charge on any atom is -0.481 e. The van der Waals surface area contributed by atoms with Crippen LogP contribution in [0.25, 0.3) is 0 Å². The highest BCUT2D eigenvalue weighted by Crippen LogP contribution is 2.44. The average Bonchev–Trinajstić information content (AvgIpc) is 2.99. The van der Waals surface area contributed by atoms with Gasteiger partial charge in [-0.05, 0) is 25.7 Å². The first-order valence-corrected chi connectivity index (χ1v) is 8.88. The highest BCUT2D eigenvalue weighted by atomic mass is 32.2. The predicted molar refractivity (Wildman–Crippen MR) is 79.5 cm³/mol. The van der Waals surface area contributed by atoms with E-state index in [1.807, 2.05) is 17.1 Å². The van der Waals surface area contributed by atoms with Crippen molar-refractivity contribution in [1.29, 1.82) is 0 Å². The van der Waals surface area contributed by atoms with Crippen molar-refractivity contribution in [2.75, 3.05) is 6.61 Å². The zero-order valence-corrected chi connectivity index (χ0v) is 13.0. The summed E-state index contributed by atoms with van der Waals surface area (Å²) in [6.45, 7) is 0.852. The molecule has 2 heterocycles. The first-order valence-electron chi connectivity index (χ1n) is 7.12. The summed E-state index contributed by atoms with van der Waals surface area (Å²) in [6.07, 6.45) is 7.19. The van der Waals surface area contributed by atoms with Gasteiger partial charge in [-0.1, -0.05) is 24.6 Å². The Labute approximate surface area is 126 Å². The van der Waals surface area contributed by atoms with Gasteiger partial charge in [0.15, 0.2) is 0 Å². The first-order chi connectivity index (χ1) is 9.65. The van der Waals surface area contributed by atoms with E-state index >= 15 is 0 Å². The molecule has 0 radical (unpaired) electrons. The number of thiazole rings is 1. The number of ether oxygens (including phenoxy) is 1. The Morgan fingerprint density at radius 3 is 3.10 bits per heavy atom. The lowest BCUT2D eigenvalue weighted by Gasteiger charge is -2.37. The van der Waals surface area contributed by atoms with Crippen molar-refractivity contribution in [2.24, 2.45) is 0 Å². The molecule has 0 amide bonds. The second kappa shape index (κ2) is 6.03. The molecule has 2 fully saturated rings. The zero-order chi connectivity index (χ0) is 14.0. The van der Waals surface area contributed by atoms with Crippen LogP contribution in [0.1, 0.15) is 44.2 Å². The number of nitrogens with zero attached hydrogens (tertiary/aromatic N) is 1. The topological polar surface area (TPSA) is 59.4 Å². The minimum absolute atomic E-state index is 0.0226. The fourth-order valence-electron chi connectivity index (χ4n) is 3.17. The summed E-state index contributed by atoms with van der Waals surface area (Å²) in [5.41, 5.74) is 0.810. The van der Waals surface area contributed by atoms with Gasteiger partial charge in [0.2, 0.25) is 0 Å². The molecule has 2 aliphatic rings. The van der Waals surface area contributed by atoms with Crippen LogP contribution in [0.3, 0.4) is 0 Å². The maximum atomic E-state index is 10.7. The molecule has 20 heavy (non-hydrogen) atoms. The molecule has 3 rings (SSSR count). The van der Waals surface area contributed by atoms with Gasteiger partial charge in [-0.25, -0.2) is 4.98 Å². The molecule has 1 N–H and O–H groups in total. The standard InChI is InChI=1S/C14H19NO3S2/c16-12(17)7-10-9-19-13(15-10)20-11-3-6-18-14(8-11)4-1-2-5-14/h9,11H,1-8H2,(H,16,17). The van der Waals surface area contributed by atoms with Crippen LogP contribution >= 0.6 is 23.1 Å². The van der Waals surface area contributed by atoms with Gasteiger partial charge in [0.05, 0.1) is 17.7 Å². The third kappa shape index (κ3) is 3.35. The number of aromatic nitrogens is 1. The lowest BCUT2D eigenvalue weighted by Crippen LogP contribution is -2.38. The van der Waals surface area contributed by atoms with Crippen LogP contribution in [0.4, 0.5) is 0 Å². The number of hydrogen-bond donors (Lipinski definition) is 1. The van der Waals surface area contributed by atoms with Crippen molar-refractivity contribution < 1.29 is 14.6 Å². The van der Waals surface area contributed by atoms with Crippen molar-refractivity contribution in [2.45, 2.75) is 60.1 Å². The summed E-state index contributed by atoms with van der Waals surface area (Å²) in [5.74, 6) is -0.817. The van der Waals surface area contributed by atoms with E-state index in [4.69, 9.17) is 9.84 Å². The van der Waals surface area contributed by atoms with Crippen LogP contribution in [-0.2, 0) is 16.0 Å². The lowest BCUT2D eigenvalue weighted by molar-refractivity contribution is -0.136. The molecular weight excluding hydrogens is 294 g/mol. The Morgan fingerprint density at radius 1 is 1.55 bits per heavy atom. The molecule has 1 atom stereocenters. The second-order valence-electron chi connectivity index (χ2n) is 5.65. The molecule has 1 saturated carbocycles. The molecule has 6 heteroatoms. The quantitative estimate of drug-likeness (QED) is 0.923. The van der Waals surface area contributed by atoms with E-state index in [9.17, 15) is 4.79 Å². The Morgan fingerprint density at radius 2 is 2.35 bits per heavy atom. The highest BCUT2D eigenvalue weighted by molar-refractivity contribution is 8.01. The van der Waals surface area contributed by atoms with E-state index < -0.39 is 5.97 Å². The third-order valence-corrected chi connectivity index (χ3v) is 6.38. The monoisotopic (exact) mass is 313 g/mol. The van der Waals surface area contributed by atoms with Crippen LogP contribution in [-0.4, -0.2) is 33.5 Å². The number of rotatable bonds is 4. The van der Waals surface area contributed by atoms with Crippen molar-refractivity contribution in [3.8, 4) is 0 Å². The molecule has 1 aliphatic carbocycles. The zero-order valence-electron chi connectivity index (χ0n) is 11.3. The molecule has 0 aromatic carbocycles. The lowest BCUT2D eigenvalue weighted by atomic mass is 9.92. The number of carboxylic acids is 1. The van der Waals surface area contributed by atoms with Crippen LogP contribution in [0, 0.1) is 0 Å². The van der Waals surface area contributed by atoms with E-state index in [1.54, 1.807) is 11.3 Å². The maximum absolute atomic E-state index is 10.7. The summed E-state index contributed by atoms with van der Waals surface area (Å²) in [5, 5.41) is 11.2. The number of hydrogen-bond acceptors (Lipinski definition) is 5. The molecule has 0 bridgehead atoms. The Kier molecular flexibility index (Phi) is 4.33. The number of carboxylic acid groups (broad SMARTS) is 1. The Hall–Kier alpha value is -0.590. The fourth-order valence-corrected chi connectivity index (χ4v) is 5.55. The molecular formula is C14H19NO3S2. The summed E-state index contributed by atoms with van der Waals surface area (Å²) in [6, 6.07) is 0. The molecule has 110 valence electrons. The molecule has 1 saturated heterocycles. The largest absolute Gasteiger partial charge is 0.481 e. The van der Waals surface area contributed by atoms with Gasteiger partial charge < -0.3 is 9.84 Å². The van der Waals surface area contributed by atoms with Crippen molar-refractivity contribution in [3.05, 3.63) is 11.1 Å². The summed E-state index contributed by atoms with van der Waals surface area (Å²) in [7, 11) is 0. The molecule has 4 nitrogen and oxygen atoms in total. The van der Waals surface area contributed by atoms with Gasteiger partial charge in [-0.2, -0.15) is 0 Å². The third-order valence-electron chi connectivity index (χ3n) is 4.09. The number of carbonyl (C=O) groups is 1. The fraction of sp³-hybridized carbons (Fsp3) is 0.714. The Bertz CT molecular complexity index is 483. The first kappa shape index (κ1) is 14.4. The van der Waals surface area contributed by atoms with Crippen molar-refractivity contribution >= 4 is 29.1 Å². The molecule has 1 aliphatic heterocycles. The highest BCUT2D eigenvalue weighted by Gasteiger charge is 2.40. The van der Waals surface area contributed by atoms with Crippen LogP contribution in [0.5, 0.6) is 0 Å². The van der Waals surface area contributed by atoms with E-state index in [0.717, 1.165) is 23.8 Å². The summed E-state index contributed by atoms with van der Waals surface area (Å²) < 4.78 is 7.05. The van der Waals surface area contributed by atoms with E-state index in [1.165, 1.54) is 25.7 Å².